The lowest BCUT2D eigenvalue weighted by Crippen LogP contribution is -2.37. The van der Waals surface area contributed by atoms with Gasteiger partial charge in [0.2, 0.25) is 0 Å². The first-order chi connectivity index (χ1) is 16.1. The van der Waals surface area contributed by atoms with E-state index in [0.717, 1.165) is 6.42 Å². The first-order valence-corrected chi connectivity index (χ1v) is 12.3. The first kappa shape index (κ1) is 23.5. The summed E-state index contributed by atoms with van der Waals surface area (Å²) in [4.78, 5) is 12.4. The van der Waals surface area contributed by atoms with Crippen molar-refractivity contribution in [3.8, 4) is 0 Å². The van der Waals surface area contributed by atoms with E-state index in [2.05, 4.69) is 72.2 Å². The van der Waals surface area contributed by atoms with Crippen LogP contribution in [-0.4, -0.2) is 29.7 Å². The molecule has 1 saturated carbocycles. The lowest BCUT2D eigenvalue weighted by Gasteiger charge is -2.32. The van der Waals surface area contributed by atoms with Crippen LogP contribution in [0.1, 0.15) is 79.4 Å². The first-order valence-electron chi connectivity index (χ1n) is 12.3. The van der Waals surface area contributed by atoms with Gasteiger partial charge in [-0.15, -0.1) is 0 Å². The molecule has 0 radical (unpaired) electrons. The van der Waals surface area contributed by atoms with E-state index in [0.29, 0.717) is 30.0 Å². The Bertz CT molecular complexity index is 1050. The van der Waals surface area contributed by atoms with Crippen LogP contribution in [0.3, 0.4) is 0 Å². The zero-order chi connectivity index (χ0) is 23.2. The molecule has 4 heteroatoms. The number of nitrogens with one attached hydrogen (secondary N) is 2. The summed E-state index contributed by atoms with van der Waals surface area (Å²) < 4.78 is 0. The number of rotatable bonds is 8. The van der Waals surface area contributed by atoms with E-state index in [4.69, 9.17) is 0 Å². The number of aliphatic hydroxyl groups excluding tert-OH is 1. The summed E-state index contributed by atoms with van der Waals surface area (Å²) in [5.74, 6) is 0.392. The van der Waals surface area contributed by atoms with Crippen molar-refractivity contribution in [1.82, 2.24) is 10.6 Å². The van der Waals surface area contributed by atoms with E-state index in [9.17, 15) is 9.90 Å². The molecule has 0 saturated heterocycles. The third-order valence-corrected chi connectivity index (χ3v) is 7.14. The maximum atomic E-state index is 12.4. The Hall–Kier alpha value is -2.69. The number of benzene rings is 3. The standard InChI is InChI=1S/C29H36N2O2/c1-3-25(19-32)31-29(33)23-16-14-21(15-17-23)24-10-6-11-26(18-24)30-20(2)27-13-7-9-22-8-4-5-12-28(22)27/h4-5,7-9,12-17,20,24-26,30,32H,3,6,10-11,18-19H2,1-2H3,(H,31,33)/t20-,24?,25?,26?/m1/s1. The Morgan fingerprint density at radius 2 is 1.79 bits per heavy atom. The van der Waals surface area contributed by atoms with Crippen molar-refractivity contribution in [3.63, 3.8) is 0 Å². The number of hydrogen-bond acceptors (Lipinski definition) is 3. The zero-order valence-electron chi connectivity index (χ0n) is 19.8. The third kappa shape index (κ3) is 5.63. The fourth-order valence-electron chi connectivity index (χ4n) is 5.17. The van der Waals surface area contributed by atoms with Crippen LogP contribution in [-0.2, 0) is 0 Å². The molecule has 1 fully saturated rings. The van der Waals surface area contributed by atoms with Crippen molar-refractivity contribution in [2.45, 2.75) is 70.0 Å². The lowest BCUT2D eigenvalue weighted by molar-refractivity contribution is 0.0915. The minimum Gasteiger partial charge on any atom is -0.394 e. The quantitative estimate of drug-likeness (QED) is 0.417. The maximum absolute atomic E-state index is 12.4. The van der Waals surface area contributed by atoms with Gasteiger partial charge >= 0.3 is 0 Å². The van der Waals surface area contributed by atoms with Gasteiger partial charge in [0.05, 0.1) is 12.6 Å². The van der Waals surface area contributed by atoms with E-state index < -0.39 is 0 Å². The zero-order valence-corrected chi connectivity index (χ0v) is 19.8. The summed E-state index contributed by atoms with van der Waals surface area (Å²) in [6.07, 6.45) is 5.43. The monoisotopic (exact) mass is 444 g/mol. The average Bonchev–Trinajstić information content (AvgIpc) is 2.87. The van der Waals surface area contributed by atoms with Gasteiger partial charge < -0.3 is 15.7 Å². The van der Waals surface area contributed by atoms with Gasteiger partial charge in [0.25, 0.3) is 5.91 Å². The molecule has 3 unspecified atom stereocenters. The second-order valence-electron chi connectivity index (χ2n) is 9.40. The van der Waals surface area contributed by atoms with Crippen LogP contribution in [0.25, 0.3) is 10.8 Å². The minimum absolute atomic E-state index is 0.0337. The molecule has 174 valence electrons. The summed E-state index contributed by atoms with van der Waals surface area (Å²) >= 11 is 0. The highest BCUT2D eigenvalue weighted by Crippen LogP contribution is 2.34. The summed E-state index contributed by atoms with van der Waals surface area (Å²) in [6, 6.07) is 23.8. The summed E-state index contributed by atoms with van der Waals surface area (Å²) in [5, 5.41) is 18.7. The molecule has 1 amide bonds. The highest BCUT2D eigenvalue weighted by molar-refractivity contribution is 5.94. The Kier molecular flexibility index (Phi) is 7.79. The van der Waals surface area contributed by atoms with Crippen molar-refractivity contribution >= 4 is 16.7 Å². The van der Waals surface area contributed by atoms with Crippen LogP contribution < -0.4 is 10.6 Å². The van der Waals surface area contributed by atoms with Crippen LogP contribution in [0.15, 0.2) is 66.7 Å². The van der Waals surface area contributed by atoms with E-state index in [1.807, 2.05) is 19.1 Å². The van der Waals surface area contributed by atoms with Gasteiger partial charge in [-0.1, -0.05) is 67.9 Å². The van der Waals surface area contributed by atoms with Crippen LogP contribution in [0, 0.1) is 0 Å². The molecule has 3 N–H and O–H groups in total. The van der Waals surface area contributed by atoms with E-state index >= 15 is 0 Å². The number of hydrogen-bond donors (Lipinski definition) is 3. The van der Waals surface area contributed by atoms with Gasteiger partial charge in [-0.25, -0.2) is 0 Å². The predicted molar refractivity (Wildman–Crippen MR) is 136 cm³/mol. The molecule has 3 aromatic carbocycles. The molecule has 33 heavy (non-hydrogen) atoms. The molecule has 0 heterocycles. The van der Waals surface area contributed by atoms with Crippen molar-refractivity contribution < 1.29 is 9.90 Å². The van der Waals surface area contributed by atoms with Gasteiger partial charge in [-0.05, 0) is 72.6 Å². The molecule has 1 aliphatic carbocycles. The van der Waals surface area contributed by atoms with Gasteiger partial charge in [-0.3, -0.25) is 4.79 Å². The SMILES string of the molecule is CCC(CO)NC(=O)c1ccc(C2CCCC(N[C@H](C)c3cccc4ccccc34)C2)cc1. The highest BCUT2D eigenvalue weighted by Gasteiger charge is 2.25. The number of fused-ring (bicyclic) bond motifs is 1. The van der Waals surface area contributed by atoms with Gasteiger partial charge in [0.1, 0.15) is 0 Å². The topological polar surface area (TPSA) is 61.4 Å². The van der Waals surface area contributed by atoms with Crippen LogP contribution in [0.4, 0.5) is 0 Å². The molecule has 0 aliphatic heterocycles. The summed E-state index contributed by atoms with van der Waals surface area (Å²) in [7, 11) is 0. The molecule has 3 aromatic rings. The Morgan fingerprint density at radius 3 is 2.55 bits per heavy atom. The molecular formula is C29H36N2O2. The van der Waals surface area contributed by atoms with E-state index in [1.54, 1.807) is 0 Å². The molecule has 4 rings (SSSR count). The Labute approximate surface area is 197 Å². The molecule has 4 nitrogen and oxygen atoms in total. The lowest BCUT2D eigenvalue weighted by atomic mass is 9.80. The second-order valence-corrected chi connectivity index (χ2v) is 9.40. The maximum Gasteiger partial charge on any atom is 0.251 e. The number of aliphatic hydroxyl groups is 1. The second kappa shape index (κ2) is 11.0. The normalized spacial score (nSPS) is 20.3. The fourth-order valence-corrected chi connectivity index (χ4v) is 5.17. The van der Waals surface area contributed by atoms with Crippen molar-refractivity contribution in [2.24, 2.45) is 0 Å². The Balaban J connectivity index is 1.39. The largest absolute Gasteiger partial charge is 0.394 e. The molecule has 1 aliphatic rings. The van der Waals surface area contributed by atoms with Gasteiger partial charge in [0.15, 0.2) is 0 Å². The third-order valence-electron chi connectivity index (χ3n) is 7.14. The van der Waals surface area contributed by atoms with Crippen LogP contribution in [0.2, 0.25) is 0 Å². The molecule has 4 atom stereocenters. The predicted octanol–water partition coefficient (Wildman–Crippen LogP) is 5.72. The van der Waals surface area contributed by atoms with Crippen LogP contribution in [0.5, 0.6) is 0 Å². The van der Waals surface area contributed by atoms with E-state index in [-0.39, 0.29) is 18.6 Å². The van der Waals surface area contributed by atoms with Crippen LogP contribution >= 0.6 is 0 Å². The molecule has 0 aromatic heterocycles. The molecule has 0 bridgehead atoms. The summed E-state index contributed by atoms with van der Waals surface area (Å²) in [6.45, 7) is 4.20. The Morgan fingerprint density at radius 1 is 1.03 bits per heavy atom. The minimum atomic E-state index is -0.189. The smallest absolute Gasteiger partial charge is 0.251 e. The number of amides is 1. The summed E-state index contributed by atoms with van der Waals surface area (Å²) in [5.41, 5.74) is 3.32. The van der Waals surface area contributed by atoms with Crippen molar-refractivity contribution in [1.29, 1.82) is 0 Å². The van der Waals surface area contributed by atoms with Crippen molar-refractivity contribution in [2.75, 3.05) is 6.61 Å². The van der Waals surface area contributed by atoms with Crippen molar-refractivity contribution in [3.05, 3.63) is 83.4 Å². The highest BCUT2D eigenvalue weighted by atomic mass is 16.3. The molecular weight excluding hydrogens is 408 g/mol. The number of carbonyl (C=O) groups excluding carboxylic acids is 1. The number of carbonyl (C=O) groups is 1. The molecule has 0 spiro atoms. The van der Waals surface area contributed by atoms with Gasteiger partial charge in [0, 0.05) is 17.6 Å². The fraction of sp³-hybridized carbons (Fsp3) is 0.414. The van der Waals surface area contributed by atoms with E-state index in [1.165, 1.54) is 41.2 Å². The average molecular weight is 445 g/mol. The van der Waals surface area contributed by atoms with Gasteiger partial charge in [-0.2, -0.15) is 0 Å².